The van der Waals surface area contributed by atoms with Crippen LogP contribution in [-0.2, 0) is 15.3 Å². The summed E-state index contributed by atoms with van der Waals surface area (Å²) in [7, 11) is 1.63. The van der Waals surface area contributed by atoms with Crippen LogP contribution >= 0.6 is 27.7 Å². The minimum atomic E-state index is 0.0571. The van der Waals surface area contributed by atoms with E-state index in [9.17, 15) is 4.79 Å². The summed E-state index contributed by atoms with van der Waals surface area (Å²) in [6.07, 6.45) is 0. The summed E-state index contributed by atoms with van der Waals surface area (Å²) in [5.74, 6) is 1.38. The molecule has 1 aromatic carbocycles. The lowest BCUT2D eigenvalue weighted by Crippen LogP contribution is -2.36. The molecule has 0 spiro atoms. The number of hydrogen-bond donors (Lipinski definition) is 1. The third kappa shape index (κ3) is 6.42. The summed E-state index contributed by atoms with van der Waals surface area (Å²) in [4.78, 5) is 11.6. The number of benzene rings is 1. The fourth-order valence-electron chi connectivity index (χ4n) is 1.45. The van der Waals surface area contributed by atoms with Crippen LogP contribution in [0, 0.1) is 0 Å². The van der Waals surface area contributed by atoms with Gasteiger partial charge in [-0.2, -0.15) is 0 Å². The quantitative estimate of drug-likeness (QED) is 0.834. The summed E-state index contributed by atoms with van der Waals surface area (Å²) < 4.78 is 6.04. The molecule has 0 aliphatic rings. The molecule has 18 heavy (non-hydrogen) atoms. The Morgan fingerprint density at radius 3 is 2.72 bits per heavy atom. The molecule has 5 heteroatoms. The zero-order valence-corrected chi connectivity index (χ0v) is 13.0. The average Bonchev–Trinajstić information content (AvgIpc) is 2.32. The predicted octanol–water partition coefficient (Wildman–Crippen LogP) is 2.83. The van der Waals surface area contributed by atoms with Crippen LogP contribution in [0.5, 0.6) is 0 Å². The molecule has 0 radical (unpaired) electrons. The molecule has 0 saturated carbocycles. The van der Waals surface area contributed by atoms with Crippen LogP contribution in [0.3, 0.4) is 0 Å². The molecule has 0 fully saturated rings. The van der Waals surface area contributed by atoms with Crippen molar-refractivity contribution in [1.82, 2.24) is 5.32 Å². The maximum absolute atomic E-state index is 11.6. The van der Waals surface area contributed by atoms with Gasteiger partial charge in [0.05, 0.1) is 12.4 Å². The lowest BCUT2D eigenvalue weighted by atomic mass is 10.2. The smallest absolute Gasteiger partial charge is 0.230 e. The highest BCUT2D eigenvalue weighted by Crippen LogP contribution is 2.15. The Morgan fingerprint density at radius 1 is 1.44 bits per heavy atom. The van der Waals surface area contributed by atoms with Gasteiger partial charge in [-0.05, 0) is 24.6 Å². The maximum atomic E-state index is 11.6. The van der Waals surface area contributed by atoms with Crippen molar-refractivity contribution < 1.29 is 9.53 Å². The number of thioether (sulfide) groups is 1. The summed E-state index contributed by atoms with van der Waals surface area (Å²) >= 11 is 5.01. The number of carbonyl (C=O) groups is 1. The molecule has 1 N–H and O–H groups in total. The van der Waals surface area contributed by atoms with Gasteiger partial charge in [-0.3, -0.25) is 4.79 Å². The topological polar surface area (TPSA) is 38.3 Å². The van der Waals surface area contributed by atoms with Crippen molar-refractivity contribution in [3.63, 3.8) is 0 Å². The number of rotatable bonds is 7. The molecule has 0 unspecified atom stereocenters. The first-order chi connectivity index (χ1) is 8.61. The monoisotopic (exact) mass is 331 g/mol. The fourth-order valence-corrected chi connectivity index (χ4v) is 2.51. The van der Waals surface area contributed by atoms with Gasteiger partial charge in [0.25, 0.3) is 0 Å². The van der Waals surface area contributed by atoms with E-state index in [2.05, 4.69) is 33.4 Å². The summed E-state index contributed by atoms with van der Waals surface area (Å²) in [6, 6.07) is 8.20. The molecule has 0 bridgehead atoms. The van der Waals surface area contributed by atoms with Crippen LogP contribution in [0.15, 0.2) is 28.7 Å². The number of methoxy groups -OCH3 is 1. The Morgan fingerprint density at radius 2 is 2.11 bits per heavy atom. The van der Waals surface area contributed by atoms with Crippen LogP contribution in [0.25, 0.3) is 0 Å². The molecule has 1 rings (SSSR count). The number of halogens is 1. The van der Waals surface area contributed by atoms with Gasteiger partial charge in [-0.25, -0.2) is 0 Å². The third-order valence-electron chi connectivity index (χ3n) is 2.24. The first-order valence-electron chi connectivity index (χ1n) is 5.72. The molecule has 0 aromatic heterocycles. The summed E-state index contributed by atoms with van der Waals surface area (Å²) in [5.41, 5.74) is 1.22. The van der Waals surface area contributed by atoms with Gasteiger partial charge in [-0.15, -0.1) is 11.8 Å². The molecular formula is C13H18BrNO2S. The maximum Gasteiger partial charge on any atom is 0.230 e. The van der Waals surface area contributed by atoms with Crippen molar-refractivity contribution in [2.24, 2.45) is 0 Å². The highest BCUT2D eigenvalue weighted by atomic mass is 79.9. The van der Waals surface area contributed by atoms with E-state index in [0.717, 1.165) is 10.2 Å². The fraction of sp³-hybridized carbons (Fsp3) is 0.462. The normalized spacial score (nSPS) is 12.2. The van der Waals surface area contributed by atoms with Crippen LogP contribution in [0.1, 0.15) is 12.5 Å². The lowest BCUT2D eigenvalue weighted by molar-refractivity contribution is -0.119. The van der Waals surface area contributed by atoms with Crippen molar-refractivity contribution in [3.8, 4) is 0 Å². The highest BCUT2D eigenvalue weighted by Gasteiger charge is 2.06. The predicted molar refractivity (Wildman–Crippen MR) is 79.8 cm³/mol. The highest BCUT2D eigenvalue weighted by molar-refractivity contribution is 9.10. The van der Waals surface area contributed by atoms with E-state index < -0.39 is 0 Å². The van der Waals surface area contributed by atoms with E-state index in [0.29, 0.717) is 12.4 Å². The van der Waals surface area contributed by atoms with Gasteiger partial charge in [-0.1, -0.05) is 28.1 Å². The van der Waals surface area contributed by atoms with E-state index in [1.54, 1.807) is 18.9 Å². The van der Waals surface area contributed by atoms with Crippen molar-refractivity contribution >= 4 is 33.6 Å². The molecule has 1 amide bonds. The number of amides is 1. The summed E-state index contributed by atoms with van der Waals surface area (Å²) in [6.45, 7) is 2.48. The first-order valence-corrected chi connectivity index (χ1v) is 7.67. The lowest BCUT2D eigenvalue weighted by Gasteiger charge is -2.12. The second kappa shape index (κ2) is 8.56. The number of ether oxygens (including phenoxy) is 1. The van der Waals surface area contributed by atoms with Crippen LogP contribution < -0.4 is 5.32 Å². The molecule has 3 nitrogen and oxygen atoms in total. The summed E-state index contributed by atoms with van der Waals surface area (Å²) in [5, 5.41) is 2.88. The Labute approximate surface area is 121 Å². The zero-order chi connectivity index (χ0) is 13.4. The Bertz CT molecular complexity index is 370. The molecule has 1 aromatic rings. The van der Waals surface area contributed by atoms with Crippen LogP contribution in [0.4, 0.5) is 0 Å². The zero-order valence-electron chi connectivity index (χ0n) is 10.6. The minimum Gasteiger partial charge on any atom is -0.383 e. The molecule has 0 heterocycles. The van der Waals surface area contributed by atoms with Gasteiger partial charge in [0.2, 0.25) is 5.91 Å². The van der Waals surface area contributed by atoms with Gasteiger partial charge >= 0.3 is 0 Å². The van der Waals surface area contributed by atoms with Crippen molar-refractivity contribution in [2.45, 2.75) is 18.7 Å². The number of nitrogens with one attached hydrogen (secondary N) is 1. The Kier molecular flexibility index (Phi) is 7.39. The Balaban J connectivity index is 2.21. The van der Waals surface area contributed by atoms with E-state index >= 15 is 0 Å². The number of hydrogen-bond acceptors (Lipinski definition) is 3. The van der Waals surface area contributed by atoms with E-state index in [-0.39, 0.29) is 11.9 Å². The standard InChI is InChI=1S/C13H18BrNO2S/c1-10(7-17-2)15-13(16)9-18-8-11-3-5-12(14)6-4-11/h3-6,10H,7-9H2,1-2H3,(H,15,16)/t10-/m1/s1. The third-order valence-corrected chi connectivity index (χ3v) is 3.77. The first kappa shape index (κ1) is 15.5. The van der Waals surface area contributed by atoms with Crippen LogP contribution in [0.2, 0.25) is 0 Å². The van der Waals surface area contributed by atoms with Crippen molar-refractivity contribution in [1.29, 1.82) is 0 Å². The second-order valence-corrected chi connectivity index (χ2v) is 5.94. The van der Waals surface area contributed by atoms with Gasteiger partial charge in [0, 0.05) is 23.4 Å². The minimum absolute atomic E-state index is 0.0571. The van der Waals surface area contributed by atoms with Crippen LogP contribution in [-0.4, -0.2) is 31.4 Å². The van der Waals surface area contributed by atoms with Crippen molar-refractivity contribution in [2.75, 3.05) is 19.5 Å². The van der Waals surface area contributed by atoms with Gasteiger partial charge in [0.15, 0.2) is 0 Å². The SMILES string of the molecule is COC[C@@H](C)NC(=O)CSCc1ccc(Br)cc1. The molecule has 0 aliphatic heterocycles. The van der Waals surface area contributed by atoms with E-state index in [1.165, 1.54) is 5.56 Å². The van der Waals surface area contributed by atoms with Crippen molar-refractivity contribution in [3.05, 3.63) is 34.3 Å². The molecular weight excluding hydrogens is 314 g/mol. The molecule has 0 saturated heterocycles. The van der Waals surface area contributed by atoms with Gasteiger partial charge in [0.1, 0.15) is 0 Å². The largest absolute Gasteiger partial charge is 0.383 e. The van der Waals surface area contributed by atoms with E-state index in [1.807, 2.05) is 19.1 Å². The van der Waals surface area contributed by atoms with E-state index in [4.69, 9.17) is 4.74 Å². The Hall–Kier alpha value is -0.520. The second-order valence-electron chi connectivity index (χ2n) is 4.04. The molecule has 100 valence electrons. The molecule has 0 aliphatic carbocycles. The molecule has 1 atom stereocenters. The number of carbonyl (C=O) groups excluding carboxylic acids is 1. The average molecular weight is 332 g/mol. The van der Waals surface area contributed by atoms with Gasteiger partial charge < -0.3 is 10.1 Å².